The van der Waals surface area contributed by atoms with E-state index in [9.17, 15) is 32.3 Å². The van der Waals surface area contributed by atoms with Crippen LogP contribution in [-0.4, -0.2) is 35.6 Å². The lowest BCUT2D eigenvalue weighted by Gasteiger charge is -2.16. The van der Waals surface area contributed by atoms with E-state index in [-0.39, 0.29) is 27.9 Å². The van der Waals surface area contributed by atoms with E-state index in [1.54, 1.807) is 0 Å². The Bertz CT molecular complexity index is 1300. The second kappa shape index (κ2) is 7.93. The highest BCUT2D eigenvalue weighted by atomic mass is 19.4. The molecule has 4 rings (SSSR count). The molecule has 168 valence electrons. The highest BCUT2D eigenvalue weighted by molar-refractivity contribution is 6.22. The lowest BCUT2D eigenvalue weighted by atomic mass is 10.0. The highest BCUT2D eigenvalue weighted by Crippen LogP contribution is 2.37. The number of hydrogen-bond acceptors (Lipinski definition) is 5. The summed E-state index contributed by atoms with van der Waals surface area (Å²) in [5.74, 6) is -2.73. The van der Waals surface area contributed by atoms with E-state index in [1.165, 1.54) is 37.6 Å². The number of fused-ring (bicyclic) bond motifs is 1. The first-order valence-electron chi connectivity index (χ1n) is 9.39. The van der Waals surface area contributed by atoms with Crippen LogP contribution in [-0.2, 0) is 6.18 Å². The smallest absolute Gasteiger partial charge is 0.418 e. The van der Waals surface area contributed by atoms with E-state index in [4.69, 9.17) is 4.42 Å². The summed E-state index contributed by atoms with van der Waals surface area (Å²) in [7, 11) is 1.28. The van der Waals surface area contributed by atoms with Crippen molar-refractivity contribution in [2.75, 3.05) is 17.7 Å². The van der Waals surface area contributed by atoms with Crippen LogP contribution < -0.4 is 10.6 Å². The van der Waals surface area contributed by atoms with E-state index in [0.29, 0.717) is 6.07 Å². The largest absolute Gasteiger partial charge is 0.472 e. The molecule has 0 saturated heterocycles. The summed E-state index contributed by atoms with van der Waals surface area (Å²) in [4.78, 5) is 49.6. The Labute approximate surface area is 184 Å². The van der Waals surface area contributed by atoms with E-state index in [1.807, 2.05) is 0 Å². The maximum absolute atomic E-state index is 13.6. The fourth-order valence-electron chi connectivity index (χ4n) is 3.26. The molecule has 0 unspecified atom stereocenters. The van der Waals surface area contributed by atoms with Crippen LogP contribution in [0.5, 0.6) is 0 Å². The van der Waals surface area contributed by atoms with Crippen LogP contribution in [0.15, 0.2) is 59.4 Å². The molecular formula is C22H14F3N3O5. The van der Waals surface area contributed by atoms with Gasteiger partial charge in [0.25, 0.3) is 23.6 Å². The molecule has 0 spiro atoms. The molecule has 0 atom stereocenters. The van der Waals surface area contributed by atoms with Crippen LogP contribution in [0.2, 0.25) is 0 Å². The SMILES string of the molecule is CN1C(=O)c2ccc(C(=O)Nc3ccc(NC(=O)c4ccoc4)cc3C(F)(F)F)cc2C1=O. The van der Waals surface area contributed by atoms with Crippen molar-refractivity contribution in [1.82, 2.24) is 4.90 Å². The Morgan fingerprint density at radius 3 is 2.24 bits per heavy atom. The molecule has 2 N–H and O–H groups in total. The average Bonchev–Trinajstić information content (AvgIpc) is 3.38. The number of nitrogens with zero attached hydrogens (tertiary/aromatic N) is 1. The molecule has 1 aliphatic rings. The van der Waals surface area contributed by atoms with Gasteiger partial charge in [0.15, 0.2) is 0 Å². The lowest BCUT2D eigenvalue weighted by molar-refractivity contribution is -0.136. The van der Waals surface area contributed by atoms with E-state index in [0.717, 1.165) is 23.3 Å². The van der Waals surface area contributed by atoms with Gasteiger partial charge in [-0.15, -0.1) is 0 Å². The summed E-state index contributed by atoms with van der Waals surface area (Å²) in [6.07, 6.45) is -2.46. The monoisotopic (exact) mass is 457 g/mol. The zero-order chi connectivity index (χ0) is 23.9. The fraction of sp³-hybridized carbons (Fsp3) is 0.0909. The Hall–Kier alpha value is -4.41. The van der Waals surface area contributed by atoms with Crippen molar-refractivity contribution < 1.29 is 36.8 Å². The quantitative estimate of drug-likeness (QED) is 0.575. The zero-order valence-electron chi connectivity index (χ0n) is 16.8. The Morgan fingerprint density at radius 2 is 1.58 bits per heavy atom. The number of halogens is 3. The van der Waals surface area contributed by atoms with Crippen molar-refractivity contribution in [2.24, 2.45) is 0 Å². The number of nitrogens with one attached hydrogen (secondary N) is 2. The van der Waals surface area contributed by atoms with Crippen LogP contribution >= 0.6 is 0 Å². The van der Waals surface area contributed by atoms with Gasteiger partial charge < -0.3 is 15.1 Å². The molecule has 0 aliphatic carbocycles. The molecule has 0 saturated carbocycles. The zero-order valence-corrected chi connectivity index (χ0v) is 16.8. The molecule has 1 aromatic heterocycles. The number of carbonyl (C=O) groups is 4. The topological polar surface area (TPSA) is 109 Å². The van der Waals surface area contributed by atoms with Crippen molar-refractivity contribution in [1.29, 1.82) is 0 Å². The predicted octanol–water partition coefficient (Wildman–Crippen LogP) is 4.03. The van der Waals surface area contributed by atoms with E-state index < -0.39 is 41.1 Å². The van der Waals surface area contributed by atoms with Crippen molar-refractivity contribution in [3.05, 3.63) is 82.8 Å². The Kier molecular flexibility index (Phi) is 5.24. The molecule has 11 heteroatoms. The number of anilines is 2. The minimum atomic E-state index is -4.85. The van der Waals surface area contributed by atoms with Crippen molar-refractivity contribution in [2.45, 2.75) is 6.18 Å². The average molecular weight is 457 g/mol. The van der Waals surface area contributed by atoms with Gasteiger partial charge in [-0.3, -0.25) is 24.1 Å². The number of hydrogen-bond donors (Lipinski definition) is 2. The van der Waals surface area contributed by atoms with Crippen LogP contribution in [0.25, 0.3) is 0 Å². The summed E-state index contributed by atoms with van der Waals surface area (Å²) in [6, 6.07) is 7.90. The molecule has 3 aromatic rings. The predicted molar refractivity (Wildman–Crippen MR) is 109 cm³/mol. The number of rotatable bonds is 4. The molecule has 2 heterocycles. The standard InChI is InChI=1S/C22H14F3N3O5/c1-28-20(31)14-4-2-11(8-15(14)21(28)32)18(29)27-17-5-3-13(9-16(17)22(23,24)25)26-19(30)12-6-7-33-10-12/h2-10H,1H3,(H,26,30)(H,27,29). The first-order chi connectivity index (χ1) is 15.6. The molecule has 2 aromatic carbocycles. The summed E-state index contributed by atoms with van der Waals surface area (Å²) in [5, 5.41) is 4.50. The number of alkyl halides is 3. The first-order valence-corrected chi connectivity index (χ1v) is 9.39. The number of furan rings is 1. The molecule has 0 radical (unpaired) electrons. The van der Waals surface area contributed by atoms with Crippen LogP contribution in [0.3, 0.4) is 0 Å². The van der Waals surface area contributed by atoms with Crippen LogP contribution in [0.4, 0.5) is 24.5 Å². The lowest BCUT2D eigenvalue weighted by Crippen LogP contribution is -2.24. The number of benzene rings is 2. The second-order valence-electron chi connectivity index (χ2n) is 7.11. The van der Waals surface area contributed by atoms with Gasteiger partial charge >= 0.3 is 6.18 Å². The van der Waals surface area contributed by atoms with Gasteiger partial charge in [0.1, 0.15) is 6.26 Å². The van der Waals surface area contributed by atoms with Gasteiger partial charge in [-0.05, 0) is 42.5 Å². The fourth-order valence-corrected chi connectivity index (χ4v) is 3.26. The van der Waals surface area contributed by atoms with Gasteiger partial charge in [0, 0.05) is 18.3 Å². The molecular weight excluding hydrogens is 443 g/mol. The molecule has 0 bridgehead atoms. The molecule has 0 fully saturated rings. The second-order valence-corrected chi connectivity index (χ2v) is 7.11. The van der Waals surface area contributed by atoms with Gasteiger partial charge in [0.05, 0.1) is 34.2 Å². The normalized spacial score (nSPS) is 13.2. The molecule has 4 amide bonds. The first kappa shape index (κ1) is 21.8. The third-order valence-electron chi connectivity index (χ3n) is 4.97. The third kappa shape index (κ3) is 4.07. The Balaban J connectivity index is 1.60. The van der Waals surface area contributed by atoms with Crippen LogP contribution in [0.1, 0.15) is 47.0 Å². The van der Waals surface area contributed by atoms with Gasteiger partial charge in [0.2, 0.25) is 0 Å². The number of amides is 4. The summed E-state index contributed by atoms with van der Waals surface area (Å²) in [5.41, 5.74) is -1.76. The molecule has 8 nitrogen and oxygen atoms in total. The highest BCUT2D eigenvalue weighted by Gasteiger charge is 2.36. The number of imide groups is 1. The van der Waals surface area contributed by atoms with Crippen molar-refractivity contribution in [3.63, 3.8) is 0 Å². The summed E-state index contributed by atoms with van der Waals surface area (Å²) < 4.78 is 45.7. The van der Waals surface area contributed by atoms with Gasteiger partial charge in [-0.2, -0.15) is 13.2 Å². The maximum atomic E-state index is 13.6. The van der Waals surface area contributed by atoms with Crippen LogP contribution in [0, 0.1) is 0 Å². The van der Waals surface area contributed by atoms with E-state index >= 15 is 0 Å². The van der Waals surface area contributed by atoms with Gasteiger partial charge in [-0.25, -0.2) is 0 Å². The minimum Gasteiger partial charge on any atom is -0.472 e. The Morgan fingerprint density at radius 1 is 0.879 bits per heavy atom. The molecule has 33 heavy (non-hydrogen) atoms. The molecule has 1 aliphatic heterocycles. The third-order valence-corrected chi connectivity index (χ3v) is 4.97. The van der Waals surface area contributed by atoms with E-state index in [2.05, 4.69) is 10.6 Å². The number of carbonyl (C=O) groups excluding carboxylic acids is 4. The summed E-state index contributed by atoms with van der Waals surface area (Å²) in [6.45, 7) is 0. The minimum absolute atomic E-state index is 0.0106. The maximum Gasteiger partial charge on any atom is 0.418 e. The summed E-state index contributed by atoms with van der Waals surface area (Å²) >= 11 is 0. The van der Waals surface area contributed by atoms with Gasteiger partial charge in [-0.1, -0.05) is 0 Å². The van der Waals surface area contributed by atoms with Crippen molar-refractivity contribution in [3.8, 4) is 0 Å². The van der Waals surface area contributed by atoms with Crippen molar-refractivity contribution >= 4 is 35.0 Å².